The van der Waals surface area contributed by atoms with Crippen LogP contribution in [0.15, 0.2) is 48.5 Å². The minimum absolute atomic E-state index is 0.0276. The van der Waals surface area contributed by atoms with Crippen LogP contribution in [0.4, 0.5) is 5.69 Å². The van der Waals surface area contributed by atoms with E-state index < -0.39 is 0 Å². The molecule has 0 aliphatic carbocycles. The predicted octanol–water partition coefficient (Wildman–Crippen LogP) is 4.02. The van der Waals surface area contributed by atoms with Crippen LogP contribution in [0.1, 0.15) is 54.6 Å². The van der Waals surface area contributed by atoms with E-state index in [-0.39, 0.29) is 17.9 Å². The highest BCUT2D eigenvalue weighted by molar-refractivity contribution is 5.95. The summed E-state index contributed by atoms with van der Waals surface area (Å²) in [4.78, 5) is 26.4. The maximum absolute atomic E-state index is 12.8. The van der Waals surface area contributed by atoms with Crippen molar-refractivity contribution >= 4 is 17.5 Å². The average molecular weight is 382 g/mol. The van der Waals surface area contributed by atoms with Gasteiger partial charge in [0, 0.05) is 24.8 Å². The van der Waals surface area contributed by atoms with Crippen molar-refractivity contribution in [2.45, 2.75) is 45.7 Å². The number of para-hydroxylation sites is 1. The Kier molecular flexibility index (Phi) is 7.76. The number of rotatable bonds is 8. The number of amides is 2. The highest BCUT2D eigenvalue weighted by Gasteiger charge is 2.20. The van der Waals surface area contributed by atoms with Crippen LogP contribution in [-0.2, 0) is 11.3 Å². The minimum atomic E-state index is -0.288. The summed E-state index contributed by atoms with van der Waals surface area (Å²) in [5.41, 5.74) is 3.73. The van der Waals surface area contributed by atoms with Gasteiger partial charge >= 0.3 is 0 Å². The van der Waals surface area contributed by atoms with E-state index >= 15 is 0 Å². The second-order valence-electron chi connectivity index (χ2n) is 7.25. The number of nitrogens with one attached hydrogen (secondary N) is 2. The van der Waals surface area contributed by atoms with E-state index in [4.69, 9.17) is 0 Å². The van der Waals surface area contributed by atoms with Crippen LogP contribution in [0.2, 0.25) is 0 Å². The maximum Gasteiger partial charge on any atom is 0.251 e. The quantitative estimate of drug-likeness (QED) is 0.726. The molecule has 5 heteroatoms. The third-order valence-electron chi connectivity index (χ3n) is 5.28. The van der Waals surface area contributed by atoms with Crippen LogP contribution in [0.3, 0.4) is 0 Å². The average Bonchev–Trinajstić information content (AvgIpc) is 2.72. The fourth-order valence-corrected chi connectivity index (χ4v) is 3.03. The van der Waals surface area contributed by atoms with Crippen LogP contribution in [-0.4, -0.2) is 36.9 Å². The first-order valence-electron chi connectivity index (χ1n) is 9.78. The van der Waals surface area contributed by atoms with E-state index in [1.165, 1.54) is 0 Å². The lowest BCUT2D eigenvalue weighted by atomic mass is 9.97. The van der Waals surface area contributed by atoms with Crippen molar-refractivity contribution in [1.82, 2.24) is 10.2 Å². The SMILES string of the molecule is CC[C@@H](C)c1ccccc1NC(=O)[C@H](C)N(C)Cc1ccc(C(=O)NC)cc1. The third kappa shape index (κ3) is 5.42. The number of carbonyl (C=O) groups excluding carboxylic acids is 2. The molecule has 0 radical (unpaired) electrons. The fraction of sp³-hybridized carbons (Fsp3) is 0.391. The lowest BCUT2D eigenvalue weighted by Crippen LogP contribution is -2.39. The Morgan fingerprint density at radius 2 is 1.68 bits per heavy atom. The van der Waals surface area contributed by atoms with Gasteiger partial charge in [0.25, 0.3) is 5.91 Å². The molecule has 2 rings (SSSR count). The molecule has 150 valence electrons. The van der Waals surface area contributed by atoms with Gasteiger partial charge in [0.05, 0.1) is 6.04 Å². The normalized spacial score (nSPS) is 13.1. The van der Waals surface area contributed by atoms with Crippen molar-refractivity contribution in [3.8, 4) is 0 Å². The van der Waals surface area contributed by atoms with Crippen LogP contribution in [0, 0.1) is 0 Å². The van der Waals surface area contributed by atoms with Gasteiger partial charge in [-0.2, -0.15) is 0 Å². The van der Waals surface area contributed by atoms with E-state index in [1.54, 1.807) is 19.2 Å². The standard InChI is InChI=1S/C23H31N3O2/c1-6-16(2)20-9-7-8-10-21(20)25-22(27)17(3)26(5)15-18-11-13-19(14-12-18)23(28)24-4/h7-14,16-17H,6,15H2,1-5H3,(H,24,28)(H,25,27)/t16-,17+/m1/s1. The van der Waals surface area contributed by atoms with Gasteiger partial charge in [-0.3, -0.25) is 14.5 Å². The number of likely N-dealkylation sites (N-methyl/N-ethyl adjacent to an activating group) is 1. The zero-order valence-electron chi connectivity index (χ0n) is 17.5. The number of nitrogens with zero attached hydrogens (tertiary/aromatic N) is 1. The first-order valence-corrected chi connectivity index (χ1v) is 9.78. The van der Waals surface area contributed by atoms with E-state index in [1.807, 2.05) is 49.2 Å². The van der Waals surface area contributed by atoms with Crippen molar-refractivity contribution < 1.29 is 9.59 Å². The lowest BCUT2D eigenvalue weighted by Gasteiger charge is -2.25. The molecule has 2 atom stereocenters. The Bertz CT molecular complexity index is 802. The Labute approximate surface area is 168 Å². The smallest absolute Gasteiger partial charge is 0.251 e. The van der Waals surface area contributed by atoms with Crippen molar-refractivity contribution in [3.63, 3.8) is 0 Å². The zero-order chi connectivity index (χ0) is 20.7. The van der Waals surface area contributed by atoms with Gasteiger partial charge in [-0.05, 0) is 55.6 Å². The van der Waals surface area contributed by atoms with Gasteiger partial charge in [0.1, 0.15) is 0 Å². The van der Waals surface area contributed by atoms with Gasteiger partial charge in [0.15, 0.2) is 0 Å². The molecule has 0 bridgehead atoms. The molecule has 2 aromatic carbocycles. The molecule has 0 saturated heterocycles. The summed E-state index contributed by atoms with van der Waals surface area (Å²) in [5.74, 6) is 0.260. The van der Waals surface area contributed by atoms with Crippen molar-refractivity contribution in [1.29, 1.82) is 0 Å². The summed E-state index contributed by atoms with van der Waals surface area (Å²) in [5, 5.41) is 5.70. The van der Waals surface area contributed by atoms with Crippen LogP contribution in [0.25, 0.3) is 0 Å². The predicted molar refractivity (Wildman–Crippen MR) is 115 cm³/mol. The summed E-state index contributed by atoms with van der Waals surface area (Å²) >= 11 is 0. The van der Waals surface area contributed by atoms with Crippen molar-refractivity contribution in [2.24, 2.45) is 0 Å². The van der Waals surface area contributed by atoms with Crippen LogP contribution in [0.5, 0.6) is 0 Å². The molecule has 0 aliphatic heterocycles. The lowest BCUT2D eigenvalue weighted by molar-refractivity contribution is -0.120. The molecule has 0 spiro atoms. The number of benzene rings is 2. The van der Waals surface area contributed by atoms with Gasteiger partial charge in [-0.15, -0.1) is 0 Å². The largest absolute Gasteiger partial charge is 0.355 e. The number of carbonyl (C=O) groups is 2. The number of hydrogen-bond donors (Lipinski definition) is 2. The zero-order valence-corrected chi connectivity index (χ0v) is 17.5. The van der Waals surface area contributed by atoms with E-state index in [2.05, 4.69) is 30.5 Å². The maximum atomic E-state index is 12.8. The molecule has 0 unspecified atom stereocenters. The highest BCUT2D eigenvalue weighted by atomic mass is 16.2. The molecular weight excluding hydrogens is 350 g/mol. The van der Waals surface area contributed by atoms with Gasteiger partial charge in [0.2, 0.25) is 5.91 Å². The second-order valence-corrected chi connectivity index (χ2v) is 7.25. The molecule has 0 saturated carbocycles. The van der Waals surface area contributed by atoms with E-state index in [9.17, 15) is 9.59 Å². The number of hydrogen-bond acceptors (Lipinski definition) is 3. The molecule has 2 N–H and O–H groups in total. The summed E-state index contributed by atoms with van der Waals surface area (Å²) in [6.45, 7) is 6.84. The van der Waals surface area contributed by atoms with Crippen molar-refractivity contribution in [2.75, 3.05) is 19.4 Å². The molecule has 5 nitrogen and oxygen atoms in total. The monoisotopic (exact) mass is 381 g/mol. The van der Waals surface area contributed by atoms with E-state index in [0.717, 1.165) is 23.2 Å². The Morgan fingerprint density at radius 3 is 2.29 bits per heavy atom. The molecule has 0 aliphatic rings. The fourth-order valence-electron chi connectivity index (χ4n) is 3.03. The second kappa shape index (κ2) is 10.0. The summed E-state index contributed by atoms with van der Waals surface area (Å²) in [7, 11) is 3.54. The topological polar surface area (TPSA) is 61.4 Å². The molecule has 2 amide bonds. The molecule has 0 fully saturated rings. The minimum Gasteiger partial charge on any atom is -0.355 e. The third-order valence-corrected chi connectivity index (χ3v) is 5.28. The van der Waals surface area contributed by atoms with Gasteiger partial charge in [-0.25, -0.2) is 0 Å². The Hall–Kier alpha value is -2.66. The van der Waals surface area contributed by atoms with Gasteiger partial charge in [-0.1, -0.05) is 44.2 Å². The highest BCUT2D eigenvalue weighted by Crippen LogP contribution is 2.26. The molecule has 2 aromatic rings. The molecule has 0 heterocycles. The Morgan fingerprint density at radius 1 is 1.04 bits per heavy atom. The van der Waals surface area contributed by atoms with Crippen molar-refractivity contribution in [3.05, 3.63) is 65.2 Å². The first kappa shape index (κ1) is 21.6. The summed E-state index contributed by atoms with van der Waals surface area (Å²) in [6, 6.07) is 15.1. The molecular formula is C23H31N3O2. The van der Waals surface area contributed by atoms with Crippen LogP contribution >= 0.6 is 0 Å². The summed E-state index contributed by atoms with van der Waals surface area (Å²) in [6.07, 6.45) is 1.02. The molecule has 28 heavy (non-hydrogen) atoms. The first-order chi connectivity index (χ1) is 13.4. The summed E-state index contributed by atoms with van der Waals surface area (Å²) < 4.78 is 0. The van der Waals surface area contributed by atoms with E-state index in [0.29, 0.717) is 18.0 Å². The van der Waals surface area contributed by atoms with Crippen LogP contribution < -0.4 is 10.6 Å². The Balaban J connectivity index is 2.02. The number of anilines is 1. The molecule has 0 aromatic heterocycles. The van der Waals surface area contributed by atoms with Gasteiger partial charge < -0.3 is 10.6 Å².